The molecule has 55 heavy (non-hydrogen) atoms. The topological polar surface area (TPSA) is 132 Å². The Morgan fingerprint density at radius 2 is 1.67 bits per heavy atom. The van der Waals surface area contributed by atoms with E-state index in [1.165, 1.54) is 18.5 Å². The number of aromatic nitrogens is 1. The number of carboxylic acids is 1. The summed E-state index contributed by atoms with van der Waals surface area (Å²) < 4.78 is 8.43. The molecule has 4 saturated carbocycles. The molecular weight excluding hydrogens is 689 g/mol. The second kappa shape index (κ2) is 14.1. The van der Waals surface area contributed by atoms with Gasteiger partial charge in [0.2, 0.25) is 5.91 Å². The molecule has 6 rings (SSSR count). The van der Waals surface area contributed by atoms with E-state index in [0.717, 1.165) is 69.9 Å². The third-order valence-electron chi connectivity index (χ3n) is 16.7. The molecule has 8 heteroatoms. The number of aliphatic carboxylic acids is 1. The maximum Gasteiger partial charge on any atom is 0.309 e. The summed E-state index contributed by atoms with van der Waals surface area (Å²) in [4.78, 5) is 36.9. The van der Waals surface area contributed by atoms with Crippen molar-refractivity contribution in [2.24, 2.45) is 57.6 Å². The lowest BCUT2D eigenvalue weighted by molar-refractivity contribution is -0.173. The Morgan fingerprint density at radius 3 is 2.27 bits per heavy atom. The maximum atomic E-state index is 13.2. The van der Waals surface area contributed by atoms with Gasteiger partial charge in [0.05, 0.1) is 17.5 Å². The van der Waals surface area contributed by atoms with Crippen LogP contribution in [0.2, 0.25) is 0 Å². The molecule has 0 spiro atoms. The third kappa shape index (κ3) is 6.71. The fourth-order valence-electron chi connectivity index (χ4n) is 13.0. The molecule has 0 saturated heterocycles. The number of esters is 1. The van der Waals surface area contributed by atoms with Gasteiger partial charge in [-0.2, -0.15) is 0 Å². The van der Waals surface area contributed by atoms with E-state index in [1.807, 2.05) is 6.07 Å². The number of fused-ring (bicyclic) bond motifs is 5. The van der Waals surface area contributed by atoms with E-state index in [-0.39, 0.29) is 57.7 Å². The predicted octanol–water partition coefficient (Wildman–Crippen LogP) is 10.1. The molecule has 0 radical (unpaired) electrons. The van der Waals surface area contributed by atoms with Crippen molar-refractivity contribution in [2.75, 3.05) is 0 Å². The van der Waals surface area contributed by atoms with Gasteiger partial charge in [0.25, 0.3) is 0 Å². The van der Waals surface area contributed by atoms with Crippen LogP contribution in [0.3, 0.4) is 0 Å². The van der Waals surface area contributed by atoms with E-state index in [4.69, 9.17) is 10.5 Å². The fraction of sp³-hybridized carbons (Fsp3) is 0.766. The Morgan fingerprint density at radius 1 is 1.00 bits per heavy atom. The number of allylic oxidation sites excluding steroid dienone is 4. The van der Waals surface area contributed by atoms with Gasteiger partial charge < -0.3 is 25.3 Å². The van der Waals surface area contributed by atoms with Gasteiger partial charge in [-0.1, -0.05) is 67.4 Å². The lowest BCUT2D eigenvalue weighted by atomic mass is 9.34. The number of nitrogens with zero attached hydrogens (tertiary/aromatic N) is 1. The molecule has 1 amide bonds. The van der Waals surface area contributed by atoms with E-state index in [0.29, 0.717) is 24.2 Å². The van der Waals surface area contributed by atoms with E-state index < -0.39 is 17.4 Å². The largest absolute Gasteiger partial charge is 0.506 e. The van der Waals surface area contributed by atoms with Crippen LogP contribution in [0.15, 0.2) is 28.4 Å². The minimum atomic E-state index is -1.16. The van der Waals surface area contributed by atoms with E-state index in [1.54, 1.807) is 36.1 Å². The zero-order valence-corrected chi connectivity index (χ0v) is 36.0. The average molecular weight is 761 g/mol. The number of carboxylic acid groups (broad SMARTS) is 1. The number of amides is 1. The molecule has 0 bridgehead atoms. The van der Waals surface area contributed by atoms with Crippen LogP contribution >= 0.6 is 0 Å². The number of carbonyl (C=O) groups is 3. The van der Waals surface area contributed by atoms with E-state index in [9.17, 15) is 24.6 Å². The number of carbonyl (C=O) groups excluding carboxylic acids is 2. The first kappa shape index (κ1) is 41.6. The normalized spacial score (nSPS) is 34.9. The molecule has 1 heterocycles. The summed E-state index contributed by atoms with van der Waals surface area (Å²) in [5.74, 6) is -0.128. The van der Waals surface area contributed by atoms with E-state index in [2.05, 4.69) is 67.0 Å². The molecule has 4 N–H and O–H groups in total. The lowest BCUT2D eigenvalue weighted by Gasteiger charge is -2.70. The zero-order chi connectivity index (χ0) is 40.7. The minimum absolute atomic E-state index is 0.0272. The number of hydrogen-bond donors (Lipinski definition) is 3. The molecule has 7 unspecified atom stereocenters. The summed E-state index contributed by atoms with van der Waals surface area (Å²) in [6, 6.07) is 2.04. The standard InChI is InChI=1S/C47H72N2O6/c1-28(2)39-31(30-14-15-30)26-47(35-25-34(50)33(49(35)11)16-18-37(48)51)24-23-46(10)44(8)21-12-20-42(4,5)36(55-38(52)27-43(6,7)41(53)54)17-13-29(3)32(44)19-22-45(46,9)40(39)47/h25,28-29,32,36,50H,12-24,26-27H2,1-11H3,(H2,48,51)(H,53,54). The van der Waals surface area contributed by atoms with Crippen molar-refractivity contribution in [2.45, 2.75) is 177 Å². The van der Waals surface area contributed by atoms with Crippen LogP contribution in [0.5, 0.6) is 5.75 Å². The van der Waals surface area contributed by atoms with Gasteiger partial charge in [0.15, 0.2) is 0 Å². The molecule has 4 fully saturated rings. The van der Waals surface area contributed by atoms with Crippen molar-refractivity contribution in [3.63, 3.8) is 0 Å². The minimum Gasteiger partial charge on any atom is -0.506 e. The van der Waals surface area contributed by atoms with Gasteiger partial charge in [-0.15, -0.1) is 0 Å². The highest BCUT2D eigenvalue weighted by Gasteiger charge is 2.70. The third-order valence-corrected chi connectivity index (χ3v) is 16.7. The molecule has 5 aliphatic carbocycles. The Labute approximate surface area is 331 Å². The number of nitrogens with two attached hydrogens (primary N) is 1. The van der Waals surface area contributed by atoms with Gasteiger partial charge in [0.1, 0.15) is 11.9 Å². The van der Waals surface area contributed by atoms with Crippen LogP contribution in [-0.4, -0.2) is 38.7 Å². The van der Waals surface area contributed by atoms with Gasteiger partial charge in [-0.3, -0.25) is 14.4 Å². The molecule has 1 aromatic rings. The predicted molar refractivity (Wildman–Crippen MR) is 217 cm³/mol. The van der Waals surface area contributed by atoms with E-state index >= 15 is 0 Å². The Bertz CT molecular complexity index is 1790. The highest BCUT2D eigenvalue weighted by molar-refractivity contribution is 5.81. The number of hydrogen-bond acceptors (Lipinski definition) is 5. The lowest BCUT2D eigenvalue weighted by Crippen LogP contribution is -2.63. The van der Waals surface area contributed by atoms with Crippen LogP contribution in [0, 0.1) is 44.8 Å². The summed E-state index contributed by atoms with van der Waals surface area (Å²) in [6.45, 7) is 22.8. The highest BCUT2D eigenvalue weighted by Crippen LogP contribution is 2.77. The van der Waals surface area contributed by atoms with Crippen molar-refractivity contribution in [3.8, 4) is 5.75 Å². The second-order valence-corrected chi connectivity index (χ2v) is 21.1. The Hall–Kier alpha value is -3.03. The van der Waals surface area contributed by atoms with Gasteiger partial charge in [-0.05, 0) is 135 Å². The summed E-state index contributed by atoms with van der Waals surface area (Å²) in [6.07, 6.45) is 12.9. The van der Waals surface area contributed by atoms with Crippen LogP contribution in [0.4, 0.5) is 0 Å². The van der Waals surface area contributed by atoms with Crippen LogP contribution < -0.4 is 5.73 Å². The van der Waals surface area contributed by atoms with Crippen molar-refractivity contribution in [1.82, 2.24) is 4.57 Å². The Kier molecular flexibility index (Phi) is 10.7. The van der Waals surface area contributed by atoms with Crippen LogP contribution in [0.1, 0.15) is 171 Å². The quantitative estimate of drug-likeness (QED) is 0.215. The first-order valence-electron chi connectivity index (χ1n) is 21.5. The monoisotopic (exact) mass is 761 g/mol. The molecule has 0 aromatic carbocycles. The maximum absolute atomic E-state index is 13.2. The highest BCUT2D eigenvalue weighted by atomic mass is 16.5. The number of primary amides is 1. The number of aromatic hydroxyl groups is 1. The van der Waals surface area contributed by atoms with Crippen molar-refractivity contribution in [3.05, 3.63) is 39.7 Å². The zero-order valence-electron chi connectivity index (χ0n) is 36.0. The molecular formula is C47H72N2O6. The van der Waals surface area contributed by atoms with Gasteiger partial charge in [0, 0.05) is 42.5 Å². The number of rotatable bonds is 9. The van der Waals surface area contributed by atoms with Crippen molar-refractivity contribution >= 4 is 17.8 Å². The summed E-state index contributed by atoms with van der Waals surface area (Å²) in [5, 5.41) is 21.1. The Balaban J connectivity index is 1.40. The number of ether oxygens (including phenoxy) is 1. The van der Waals surface area contributed by atoms with Crippen molar-refractivity contribution < 1.29 is 29.3 Å². The molecule has 1 aromatic heterocycles. The van der Waals surface area contributed by atoms with Crippen molar-refractivity contribution in [1.29, 1.82) is 0 Å². The fourth-order valence-corrected chi connectivity index (χ4v) is 13.0. The molecule has 5 aliphatic rings. The van der Waals surface area contributed by atoms with Crippen LogP contribution in [0.25, 0.3) is 0 Å². The first-order chi connectivity index (χ1) is 25.5. The first-order valence-corrected chi connectivity index (χ1v) is 21.5. The second-order valence-electron chi connectivity index (χ2n) is 21.1. The molecule has 7 atom stereocenters. The summed E-state index contributed by atoms with van der Waals surface area (Å²) >= 11 is 0. The molecule has 306 valence electrons. The summed E-state index contributed by atoms with van der Waals surface area (Å²) in [5.41, 5.74) is 12.5. The van der Waals surface area contributed by atoms with Gasteiger partial charge in [-0.25, -0.2) is 0 Å². The van der Waals surface area contributed by atoms with Crippen LogP contribution in [-0.2, 0) is 38.0 Å². The average Bonchev–Trinajstić information content (AvgIpc) is 3.79. The summed E-state index contributed by atoms with van der Waals surface area (Å²) in [7, 11) is 2.09. The smallest absolute Gasteiger partial charge is 0.309 e. The molecule has 0 aliphatic heterocycles. The SMILES string of the molecule is CC(C)C1=C2C(c3cc(O)c(CCC(N)=O)n3C)(CCC3(C)C2(C)CCC2C(C)CCC(OC(=O)CC(C)(C)C(=O)O)C(C)(C)CCCC23C)CC1=C1CC1. The van der Waals surface area contributed by atoms with Gasteiger partial charge >= 0.3 is 11.9 Å². The molecule has 8 nitrogen and oxygen atoms in total.